The minimum atomic E-state index is -4.00. The molecule has 0 amide bonds. The normalized spacial score (nSPS) is 17.4. The van der Waals surface area contributed by atoms with E-state index in [0.717, 1.165) is 31.7 Å². The molecular formula is C27H27ClFN7O2S. The van der Waals surface area contributed by atoms with E-state index in [-0.39, 0.29) is 33.4 Å². The lowest BCUT2D eigenvalue weighted by atomic mass is 9.92. The molecule has 0 bridgehead atoms. The highest BCUT2D eigenvalue weighted by Crippen LogP contribution is 2.31. The molecule has 2 aromatic heterocycles. The van der Waals surface area contributed by atoms with Crippen molar-refractivity contribution in [1.82, 2.24) is 15.0 Å². The van der Waals surface area contributed by atoms with Crippen LogP contribution in [-0.4, -0.2) is 35.5 Å². The number of benzene rings is 2. The maximum absolute atomic E-state index is 15.1. The number of nitrogens with two attached hydrogens (primary N) is 1. The van der Waals surface area contributed by atoms with E-state index in [1.165, 1.54) is 24.3 Å². The minimum absolute atomic E-state index is 0.0504. The minimum Gasteiger partial charge on any atom is -0.351 e. The molecule has 0 spiro atoms. The molecule has 1 fully saturated rings. The molecule has 4 aromatic rings. The third-order valence-electron chi connectivity index (χ3n) is 6.44. The van der Waals surface area contributed by atoms with Gasteiger partial charge in [0.25, 0.3) is 10.0 Å². The second-order valence-electron chi connectivity index (χ2n) is 9.28. The predicted octanol–water partition coefficient (Wildman–Crippen LogP) is 5.56. The van der Waals surface area contributed by atoms with Gasteiger partial charge in [0.05, 0.1) is 22.1 Å². The molecule has 1 aliphatic carbocycles. The molecule has 202 valence electrons. The molecule has 5 rings (SSSR count). The molecule has 9 nitrogen and oxygen atoms in total. The van der Waals surface area contributed by atoms with Gasteiger partial charge in [-0.15, -0.1) is 0 Å². The Bertz CT molecular complexity index is 1580. The lowest BCUT2D eigenvalue weighted by Crippen LogP contribution is -2.33. The molecule has 1 saturated carbocycles. The van der Waals surface area contributed by atoms with Crippen molar-refractivity contribution in [3.63, 3.8) is 0 Å². The average Bonchev–Trinajstić information content (AvgIpc) is 2.92. The summed E-state index contributed by atoms with van der Waals surface area (Å²) in [6, 6.07) is 15.8. The second kappa shape index (κ2) is 11.5. The lowest BCUT2D eigenvalue weighted by Gasteiger charge is -2.26. The summed E-state index contributed by atoms with van der Waals surface area (Å²) in [5, 5.41) is 6.45. The molecule has 2 aromatic carbocycles. The van der Waals surface area contributed by atoms with E-state index in [1.54, 1.807) is 36.7 Å². The summed E-state index contributed by atoms with van der Waals surface area (Å²) in [7, 11) is -4.00. The number of hydrogen-bond donors (Lipinski definition) is 4. The van der Waals surface area contributed by atoms with Crippen LogP contribution in [0.1, 0.15) is 25.7 Å². The van der Waals surface area contributed by atoms with Crippen LogP contribution in [0.15, 0.2) is 78.0 Å². The fourth-order valence-electron chi connectivity index (χ4n) is 4.42. The first-order valence-electron chi connectivity index (χ1n) is 12.4. The van der Waals surface area contributed by atoms with Crippen LogP contribution in [0.4, 0.5) is 27.5 Å². The summed E-state index contributed by atoms with van der Waals surface area (Å²) in [6.07, 6.45) is 7.08. The zero-order chi connectivity index (χ0) is 27.4. The van der Waals surface area contributed by atoms with Gasteiger partial charge in [0.2, 0.25) is 5.95 Å². The highest BCUT2D eigenvalue weighted by Gasteiger charge is 2.20. The van der Waals surface area contributed by atoms with E-state index in [0.29, 0.717) is 23.0 Å². The number of anilines is 4. The van der Waals surface area contributed by atoms with Gasteiger partial charge < -0.3 is 16.4 Å². The van der Waals surface area contributed by atoms with Gasteiger partial charge >= 0.3 is 0 Å². The van der Waals surface area contributed by atoms with Crippen LogP contribution in [0.25, 0.3) is 11.3 Å². The molecule has 39 heavy (non-hydrogen) atoms. The second-order valence-corrected chi connectivity index (χ2v) is 11.3. The van der Waals surface area contributed by atoms with Crippen molar-refractivity contribution in [3.8, 4) is 11.3 Å². The molecule has 0 saturated heterocycles. The summed E-state index contributed by atoms with van der Waals surface area (Å²) in [6.45, 7) is 0. The Morgan fingerprint density at radius 3 is 2.51 bits per heavy atom. The summed E-state index contributed by atoms with van der Waals surface area (Å²) < 4.78 is 42.9. The predicted molar refractivity (Wildman–Crippen MR) is 151 cm³/mol. The average molecular weight is 568 g/mol. The van der Waals surface area contributed by atoms with Crippen LogP contribution in [0, 0.1) is 5.82 Å². The maximum Gasteiger partial charge on any atom is 0.263 e. The molecule has 0 atom stereocenters. The van der Waals surface area contributed by atoms with E-state index in [2.05, 4.69) is 30.3 Å². The van der Waals surface area contributed by atoms with E-state index in [9.17, 15) is 8.42 Å². The van der Waals surface area contributed by atoms with Crippen LogP contribution in [-0.2, 0) is 10.0 Å². The molecule has 5 N–H and O–H groups in total. The quantitative estimate of drug-likeness (QED) is 0.217. The largest absolute Gasteiger partial charge is 0.351 e. The highest BCUT2D eigenvalue weighted by atomic mass is 35.5. The Hall–Kier alpha value is -3.80. The smallest absolute Gasteiger partial charge is 0.263 e. The standard InChI is InChI=1S/C27H27ClFN7O2S/c28-21-5-1-2-6-25(21)39(37,38)36-19-11-12-24(22(29)16-19)34-26-20(4-3-14-31-26)23-13-15-32-27(35-23)33-18-9-7-17(30)8-10-18/h1-6,11-18,36H,7-10,30H2,(H,31,34)(H,32,33,35). The van der Waals surface area contributed by atoms with E-state index in [4.69, 9.17) is 17.3 Å². The number of halogens is 2. The number of sulfonamides is 1. The molecule has 0 radical (unpaired) electrons. The molecule has 2 heterocycles. The van der Waals surface area contributed by atoms with Gasteiger partial charge in [0.15, 0.2) is 0 Å². The third-order valence-corrected chi connectivity index (χ3v) is 8.33. The lowest BCUT2D eigenvalue weighted by molar-refractivity contribution is 0.410. The van der Waals surface area contributed by atoms with Gasteiger partial charge in [0, 0.05) is 36.1 Å². The summed E-state index contributed by atoms with van der Waals surface area (Å²) in [4.78, 5) is 13.3. The van der Waals surface area contributed by atoms with Crippen molar-refractivity contribution in [3.05, 3.63) is 83.9 Å². The topological polar surface area (TPSA) is 135 Å². The Kier molecular flexibility index (Phi) is 7.92. The number of nitrogens with zero attached hydrogens (tertiary/aromatic N) is 3. The molecule has 12 heteroatoms. The van der Waals surface area contributed by atoms with Gasteiger partial charge in [-0.3, -0.25) is 4.72 Å². The van der Waals surface area contributed by atoms with E-state index in [1.807, 2.05) is 6.07 Å². The van der Waals surface area contributed by atoms with Gasteiger partial charge in [-0.1, -0.05) is 23.7 Å². The summed E-state index contributed by atoms with van der Waals surface area (Å²) in [5.41, 5.74) is 7.43. The molecule has 0 aliphatic heterocycles. The van der Waals surface area contributed by atoms with Crippen molar-refractivity contribution in [1.29, 1.82) is 0 Å². The number of nitrogens with one attached hydrogen (secondary N) is 3. The van der Waals surface area contributed by atoms with Crippen LogP contribution < -0.4 is 21.1 Å². The number of aromatic nitrogens is 3. The van der Waals surface area contributed by atoms with Gasteiger partial charge in [0.1, 0.15) is 16.5 Å². The van der Waals surface area contributed by atoms with Gasteiger partial charge in [-0.2, -0.15) is 0 Å². The van der Waals surface area contributed by atoms with Crippen LogP contribution in [0.5, 0.6) is 0 Å². The highest BCUT2D eigenvalue weighted by molar-refractivity contribution is 7.92. The van der Waals surface area contributed by atoms with Crippen molar-refractivity contribution >= 4 is 44.8 Å². The fourth-order valence-corrected chi connectivity index (χ4v) is 5.99. The Morgan fingerprint density at radius 1 is 0.949 bits per heavy atom. The Morgan fingerprint density at radius 2 is 1.74 bits per heavy atom. The third kappa shape index (κ3) is 6.44. The first-order valence-corrected chi connectivity index (χ1v) is 14.3. The fraction of sp³-hybridized carbons (Fsp3) is 0.222. The zero-order valence-corrected chi connectivity index (χ0v) is 22.4. The first-order chi connectivity index (χ1) is 18.8. The van der Waals surface area contributed by atoms with E-state index < -0.39 is 15.8 Å². The van der Waals surface area contributed by atoms with Gasteiger partial charge in [-0.25, -0.2) is 27.8 Å². The van der Waals surface area contributed by atoms with Crippen LogP contribution >= 0.6 is 11.6 Å². The molecular weight excluding hydrogens is 541 g/mol. The first kappa shape index (κ1) is 26.8. The zero-order valence-electron chi connectivity index (χ0n) is 20.8. The van der Waals surface area contributed by atoms with Crippen molar-refractivity contribution in [2.45, 2.75) is 42.7 Å². The summed E-state index contributed by atoms with van der Waals surface area (Å²) in [5.74, 6) is 0.213. The SMILES string of the molecule is NC1CCC(Nc2nccc(-c3cccnc3Nc3ccc(NS(=O)(=O)c4ccccc4Cl)cc3F)n2)CC1. The van der Waals surface area contributed by atoms with Gasteiger partial charge in [-0.05, 0) is 68.1 Å². The number of hydrogen-bond acceptors (Lipinski definition) is 8. The number of pyridine rings is 1. The van der Waals surface area contributed by atoms with Crippen molar-refractivity contribution in [2.24, 2.45) is 5.73 Å². The van der Waals surface area contributed by atoms with Crippen LogP contribution in [0.3, 0.4) is 0 Å². The van der Waals surface area contributed by atoms with Crippen LogP contribution in [0.2, 0.25) is 5.02 Å². The Labute approximate surface area is 231 Å². The maximum atomic E-state index is 15.1. The van der Waals surface area contributed by atoms with Crippen molar-refractivity contribution < 1.29 is 12.8 Å². The Balaban J connectivity index is 1.34. The molecule has 1 aliphatic rings. The monoisotopic (exact) mass is 567 g/mol. The number of rotatable bonds is 8. The molecule has 0 unspecified atom stereocenters. The van der Waals surface area contributed by atoms with Crippen molar-refractivity contribution in [2.75, 3.05) is 15.4 Å². The van der Waals surface area contributed by atoms with E-state index >= 15 is 4.39 Å². The summed E-state index contributed by atoms with van der Waals surface area (Å²) >= 11 is 6.02.